The third-order valence-electron chi connectivity index (χ3n) is 7.69. The molecule has 0 bridgehead atoms. The summed E-state index contributed by atoms with van der Waals surface area (Å²) in [6.07, 6.45) is 5.69. The molecule has 3 aromatic rings. The van der Waals surface area contributed by atoms with E-state index in [0.717, 1.165) is 55.1 Å². The van der Waals surface area contributed by atoms with E-state index in [1.807, 2.05) is 6.20 Å². The summed E-state index contributed by atoms with van der Waals surface area (Å²) < 4.78 is 28.3. The number of anilines is 1. The van der Waals surface area contributed by atoms with Gasteiger partial charge in [-0.3, -0.25) is 9.89 Å². The molecule has 0 radical (unpaired) electrons. The molecular formula is C30H34F2N4. The molecule has 4 nitrogen and oxygen atoms in total. The summed E-state index contributed by atoms with van der Waals surface area (Å²) in [7, 11) is 0. The number of aromatic nitrogens is 1. The van der Waals surface area contributed by atoms with Gasteiger partial charge in [0.15, 0.2) is 0 Å². The van der Waals surface area contributed by atoms with Gasteiger partial charge < -0.3 is 4.90 Å². The Bertz CT molecular complexity index is 1170. The van der Waals surface area contributed by atoms with Crippen molar-refractivity contribution in [3.63, 3.8) is 0 Å². The lowest BCUT2D eigenvalue weighted by molar-refractivity contribution is 0.175. The Morgan fingerprint density at radius 1 is 0.861 bits per heavy atom. The van der Waals surface area contributed by atoms with E-state index in [-0.39, 0.29) is 11.6 Å². The summed E-state index contributed by atoms with van der Waals surface area (Å²) in [6.45, 7) is 8.76. The van der Waals surface area contributed by atoms with Gasteiger partial charge in [0, 0.05) is 49.7 Å². The van der Waals surface area contributed by atoms with E-state index in [1.54, 1.807) is 0 Å². The number of benzene rings is 2. The van der Waals surface area contributed by atoms with E-state index < -0.39 is 11.6 Å². The van der Waals surface area contributed by atoms with Crippen LogP contribution in [0.1, 0.15) is 56.7 Å². The molecule has 1 saturated heterocycles. The fourth-order valence-corrected chi connectivity index (χ4v) is 5.56. The number of rotatable bonds is 7. The monoisotopic (exact) mass is 488 g/mol. The molecule has 1 unspecified atom stereocenters. The molecule has 0 spiro atoms. The van der Waals surface area contributed by atoms with Crippen molar-refractivity contribution >= 4 is 11.5 Å². The predicted octanol–water partition coefficient (Wildman–Crippen LogP) is 6.66. The minimum atomic E-state index is -0.548. The van der Waals surface area contributed by atoms with E-state index in [0.29, 0.717) is 18.2 Å². The van der Waals surface area contributed by atoms with Crippen LogP contribution in [-0.2, 0) is 0 Å². The van der Waals surface area contributed by atoms with Gasteiger partial charge in [-0.05, 0) is 61.1 Å². The molecule has 2 aliphatic heterocycles. The standard InChI is InChI=1S/C30H34F2N4/c1-3-24(4-2)35-16-18-36(19-17-35)29-15-12-23(20-33-29)21-8-10-22(11-9-21)27-13-14-28(34-27)30-25(31)6-5-7-26(30)32/h5-12,15,20,24,27H,3-4,13-14,16-19H2,1-2H3. The van der Waals surface area contributed by atoms with Crippen molar-refractivity contribution in [1.82, 2.24) is 9.88 Å². The van der Waals surface area contributed by atoms with Crippen LogP contribution >= 0.6 is 0 Å². The average molecular weight is 489 g/mol. The molecule has 1 fully saturated rings. The van der Waals surface area contributed by atoms with E-state index in [2.05, 4.69) is 65.0 Å². The maximum Gasteiger partial charge on any atom is 0.135 e. The second-order valence-corrected chi connectivity index (χ2v) is 9.75. The molecule has 36 heavy (non-hydrogen) atoms. The highest BCUT2D eigenvalue weighted by Crippen LogP contribution is 2.33. The third-order valence-corrected chi connectivity index (χ3v) is 7.69. The van der Waals surface area contributed by atoms with Gasteiger partial charge in [-0.15, -0.1) is 0 Å². The van der Waals surface area contributed by atoms with Gasteiger partial charge in [-0.2, -0.15) is 0 Å². The largest absolute Gasteiger partial charge is 0.354 e. The van der Waals surface area contributed by atoms with Crippen molar-refractivity contribution < 1.29 is 8.78 Å². The normalized spacial score (nSPS) is 18.6. The summed E-state index contributed by atoms with van der Waals surface area (Å²) in [5.74, 6) is -0.0601. The first-order valence-corrected chi connectivity index (χ1v) is 13.1. The van der Waals surface area contributed by atoms with Crippen LogP contribution in [0.25, 0.3) is 11.1 Å². The molecule has 1 atom stereocenters. The van der Waals surface area contributed by atoms with Crippen LogP contribution < -0.4 is 4.90 Å². The summed E-state index contributed by atoms with van der Waals surface area (Å²) in [5.41, 5.74) is 3.76. The van der Waals surface area contributed by atoms with Gasteiger partial charge >= 0.3 is 0 Å². The average Bonchev–Trinajstić information content (AvgIpc) is 3.40. The number of pyridine rings is 1. The second-order valence-electron chi connectivity index (χ2n) is 9.75. The number of aliphatic imine (C=N–C) groups is 1. The molecule has 0 amide bonds. The van der Waals surface area contributed by atoms with E-state index in [4.69, 9.17) is 4.98 Å². The Labute approximate surface area is 212 Å². The van der Waals surface area contributed by atoms with Crippen molar-refractivity contribution in [3.05, 3.63) is 83.6 Å². The zero-order valence-electron chi connectivity index (χ0n) is 21.1. The van der Waals surface area contributed by atoms with Crippen LogP contribution in [-0.4, -0.2) is 47.8 Å². The lowest BCUT2D eigenvalue weighted by atomic mass is 10.00. The van der Waals surface area contributed by atoms with Crippen molar-refractivity contribution in [2.75, 3.05) is 31.1 Å². The highest BCUT2D eigenvalue weighted by molar-refractivity contribution is 6.02. The molecule has 1 aromatic heterocycles. The van der Waals surface area contributed by atoms with E-state index in [1.165, 1.54) is 31.0 Å². The van der Waals surface area contributed by atoms with Crippen LogP contribution in [0.2, 0.25) is 0 Å². The Kier molecular flexibility index (Phi) is 7.42. The quantitative estimate of drug-likeness (QED) is 0.373. The maximum absolute atomic E-state index is 14.2. The topological polar surface area (TPSA) is 31.7 Å². The molecular weight excluding hydrogens is 454 g/mol. The van der Waals surface area contributed by atoms with Gasteiger partial charge in [0.05, 0.1) is 11.6 Å². The summed E-state index contributed by atoms with van der Waals surface area (Å²) in [4.78, 5) is 14.4. The zero-order valence-corrected chi connectivity index (χ0v) is 21.1. The first kappa shape index (κ1) is 24.6. The van der Waals surface area contributed by atoms with E-state index in [9.17, 15) is 8.78 Å². The Hall–Kier alpha value is -3.12. The molecule has 3 heterocycles. The molecule has 2 aromatic carbocycles. The number of hydrogen-bond acceptors (Lipinski definition) is 4. The molecule has 0 aliphatic carbocycles. The second kappa shape index (κ2) is 10.9. The Morgan fingerprint density at radius 2 is 1.53 bits per heavy atom. The maximum atomic E-state index is 14.2. The van der Waals surface area contributed by atoms with E-state index >= 15 is 0 Å². The van der Waals surface area contributed by atoms with Crippen LogP contribution in [0, 0.1) is 11.6 Å². The molecule has 2 aliphatic rings. The van der Waals surface area contributed by atoms with Crippen LogP contribution in [0.3, 0.4) is 0 Å². The highest BCUT2D eigenvalue weighted by atomic mass is 19.1. The summed E-state index contributed by atoms with van der Waals surface area (Å²) in [5, 5.41) is 0. The van der Waals surface area contributed by atoms with Crippen LogP contribution in [0.15, 0.2) is 65.8 Å². The zero-order chi connectivity index (χ0) is 25.1. The summed E-state index contributed by atoms with van der Waals surface area (Å²) >= 11 is 0. The third kappa shape index (κ3) is 5.05. The molecule has 5 rings (SSSR count). The fraction of sp³-hybridized carbons (Fsp3) is 0.400. The van der Waals surface area contributed by atoms with Crippen LogP contribution in [0.4, 0.5) is 14.6 Å². The number of hydrogen-bond donors (Lipinski definition) is 0. The molecule has 188 valence electrons. The minimum Gasteiger partial charge on any atom is -0.354 e. The minimum absolute atomic E-state index is 0.0137. The Balaban J connectivity index is 1.23. The lowest BCUT2D eigenvalue weighted by Gasteiger charge is -2.39. The van der Waals surface area contributed by atoms with Crippen LogP contribution in [0.5, 0.6) is 0 Å². The van der Waals surface area contributed by atoms with Gasteiger partial charge in [-0.1, -0.05) is 44.2 Å². The molecule has 0 N–H and O–H groups in total. The number of nitrogens with zero attached hydrogens (tertiary/aromatic N) is 4. The van der Waals surface area contributed by atoms with Gasteiger partial charge in [0.2, 0.25) is 0 Å². The predicted molar refractivity (Wildman–Crippen MR) is 143 cm³/mol. The van der Waals surface area contributed by atoms with Crippen molar-refractivity contribution in [2.45, 2.75) is 51.6 Å². The van der Waals surface area contributed by atoms with Crippen molar-refractivity contribution in [1.29, 1.82) is 0 Å². The highest BCUT2D eigenvalue weighted by Gasteiger charge is 2.25. The first-order valence-electron chi connectivity index (χ1n) is 13.1. The van der Waals surface area contributed by atoms with Gasteiger partial charge in [0.1, 0.15) is 17.5 Å². The van der Waals surface area contributed by atoms with Gasteiger partial charge in [0.25, 0.3) is 0 Å². The van der Waals surface area contributed by atoms with Crippen molar-refractivity contribution in [2.24, 2.45) is 4.99 Å². The van der Waals surface area contributed by atoms with Crippen molar-refractivity contribution in [3.8, 4) is 11.1 Å². The summed E-state index contributed by atoms with van der Waals surface area (Å²) in [6, 6.07) is 17.1. The molecule has 6 heteroatoms. The Morgan fingerprint density at radius 3 is 2.14 bits per heavy atom. The lowest BCUT2D eigenvalue weighted by Crippen LogP contribution is -2.50. The molecule has 0 saturated carbocycles. The smallest absolute Gasteiger partial charge is 0.135 e. The fourth-order valence-electron chi connectivity index (χ4n) is 5.56. The first-order chi connectivity index (χ1) is 17.6. The SMILES string of the molecule is CCC(CC)N1CCN(c2ccc(-c3ccc(C4CCC(c5c(F)cccc5F)=N4)cc3)cn2)CC1. The van der Waals surface area contributed by atoms with Gasteiger partial charge in [-0.25, -0.2) is 13.8 Å². The number of halogens is 2. The number of piperazine rings is 1.